The van der Waals surface area contributed by atoms with Crippen molar-refractivity contribution in [3.05, 3.63) is 40.2 Å². The van der Waals surface area contributed by atoms with Gasteiger partial charge in [-0.1, -0.05) is 10.3 Å². The van der Waals surface area contributed by atoms with Gasteiger partial charge in [0.05, 0.1) is 18.3 Å². The molecule has 1 aliphatic rings. The Bertz CT molecular complexity index is 749. The summed E-state index contributed by atoms with van der Waals surface area (Å²) in [6.07, 6.45) is 2.20. The number of aromatic nitrogens is 3. The van der Waals surface area contributed by atoms with E-state index in [-0.39, 0.29) is 6.04 Å². The SMILES string of the molecule is Cc1cc(C2CCCN2Cc2nc(-c3ccsc3)no2)on1. The van der Waals surface area contributed by atoms with Gasteiger partial charge in [0.2, 0.25) is 11.7 Å². The molecular weight excluding hydrogens is 300 g/mol. The molecule has 0 aliphatic carbocycles. The lowest BCUT2D eigenvalue weighted by molar-refractivity contribution is 0.183. The van der Waals surface area contributed by atoms with Crippen molar-refractivity contribution >= 4 is 11.3 Å². The van der Waals surface area contributed by atoms with Gasteiger partial charge in [0, 0.05) is 17.0 Å². The lowest BCUT2D eigenvalue weighted by Crippen LogP contribution is -2.22. The first-order chi connectivity index (χ1) is 10.8. The van der Waals surface area contributed by atoms with E-state index in [9.17, 15) is 0 Å². The van der Waals surface area contributed by atoms with Gasteiger partial charge in [-0.3, -0.25) is 4.90 Å². The molecule has 1 atom stereocenters. The highest BCUT2D eigenvalue weighted by Gasteiger charge is 2.30. The van der Waals surface area contributed by atoms with Crippen LogP contribution in [-0.4, -0.2) is 26.7 Å². The van der Waals surface area contributed by atoms with Crippen LogP contribution in [0, 0.1) is 6.92 Å². The molecule has 3 aromatic rings. The van der Waals surface area contributed by atoms with E-state index < -0.39 is 0 Å². The van der Waals surface area contributed by atoms with Crippen LogP contribution in [0.4, 0.5) is 0 Å². The zero-order chi connectivity index (χ0) is 14.9. The maximum atomic E-state index is 5.42. The first-order valence-electron chi connectivity index (χ1n) is 7.32. The Labute approximate surface area is 131 Å². The summed E-state index contributed by atoms with van der Waals surface area (Å²) in [7, 11) is 0. The molecule has 7 heteroatoms. The van der Waals surface area contributed by atoms with Crippen molar-refractivity contribution < 1.29 is 9.05 Å². The van der Waals surface area contributed by atoms with Crippen molar-refractivity contribution in [3.63, 3.8) is 0 Å². The van der Waals surface area contributed by atoms with Gasteiger partial charge in [-0.15, -0.1) is 0 Å². The third kappa shape index (κ3) is 2.57. The molecule has 114 valence electrons. The van der Waals surface area contributed by atoms with Crippen molar-refractivity contribution in [3.8, 4) is 11.4 Å². The topological polar surface area (TPSA) is 68.2 Å². The van der Waals surface area contributed by atoms with Crippen LogP contribution < -0.4 is 0 Å². The van der Waals surface area contributed by atoms with E-state index >= 15 is 0 Å². The van der Waals surface area contributed by atoms with E-state index in [1.807, 2.05) is 29.8 Å². The molecule has 0 radical (unpaired) electrons. The third-order valence-corrected chi connectivity index (χ3v) is 4.61. The number of likely N-dealkylation sites (tertiary alicyclic amines) is 1. The minimum atomic E-state index is 0.248. The fourth-order valence-electron chi connectivity index (χ4n) is 2.88. The molecular formula is C15H16N4O2S. The molecule has 0 amide bonds. The fraction of sp³-hybridized carbons (Fsp3) is 0.400. The maximum absolute atomic E-state index is 5.42. The summed E-state index contributed by atoms with van der Waals surface area (Å²) in [6, 6.07) is 4.25. The lowest BCUT2D eigenvalue weighted by atomic mass is 10.1. The van der Waals surface area contributed by atoms with Gasteiger partial charge in [-0.2, -0.15) is 16.3 Å². The van der Waals surface area contributed by atoms with Gasteiger partial charge in [0.15, 0.2) is 5.76 Å². The second kappa shape index (κ2) is 5.66. The molecule has 0 spiro atoms. The first kappa shape index (κ1) is 13.7. The summed E-state index contributed by atoms with van der Waals surface area (Å²) in [5.41, 5.74) is 1.92. The van der Waals surface area contributed by atoms with Crippen molar-refractivity contribution in [1.82, 2.24) is 20.2 Å². The van der Waals surface area contributed by atoms with Gasteiger partial charge in [-0.25, -0.2) is 0 Å². The van der Waals surface area contributed by atoms with Gasteiger partial charge in [-0.05, 0) is 37.8 Å². The molecule has 4 rings (SSSR count). The van der Waals surface area contributed by atoms with Crippen LogP contribution in [0.1, 0.15) is 36.2 Å². The van der Waals surface area contributed by atoms with Crippen LogP contribution in [0.3, 0.4) is 0 Å². The number of hydrogen-bond acceptors (Lipinski definition) is 7. The van der Waals surface area contributed by atoms with E-state index in [2.05, 4.69) is 20.2 Å². The molecule has 1 unspecified atom stereocenters. The molecule has 0 bridgehead atoms. The van der Waals surface area contributed by atoms with E-state index in [4.69, 9.17) is 9.05 Å². The van der Waals surface area contributed by atoms with Gasteiger partial charge in [0.25, 0.3) is 0 Å². The third-order valence-electron chi connectivity index (χ3n) is 3.92. The normalized spacial score (nSPS) is 19.0. The average molecular weight is 316 g/mol. The lowest BCUT2D eigenvalue weighted by Gasteiger charge is -2.19. The van der Waals surface area contributed by atoms with Crippen LogP contribution in [0.25, 0.3) is 11.4 Å². The Morgan fingerprint density at radius 2 is 2.32 bits per heavy atom. The molecule has 0 aromatic carbocycles. The predicted octanol–water partition coefficient (Wildman–Crippen LogP) is 3.43. The van der Waals surface area contributed by atoms with E-state index in [0.717, 1.165) is 36.4 Å². The van der Waals surface area contributed by atoms with Crippen LogP contribution in [0.15, 0.2) is 31.9 Å². The zero-order valence-electron chi connectivity index (χ0n) is 12.2. The number of aryl methyl sites for hydroxylation is 1. The van der Waals surface area contributed by atoms with Crippen LogP contribution in [-0.2, 0) is 6.54 Å². The Balaban J connectivity index is 1.50. The summed E-state index contributed by atoms with van der Waals surface area (Å²) in [6.45, 7) is 3.58. The minimum absolute atomic E-state index is 0.248. The molecule has 6 nitrogen and oxygen atoms in total. The van der Waals surface area contributed by atoms with Gasteiger partial charge < -0.3 is 9.05 Å². The standard InChI is InChI=1S/C15H16N4O2S/c1-10-7-13(20-17-10)12-3-2-5-19(12)8-14-16-15(18-21-14)11-4-6-22-9-11/h4,6-7,9,12H,2-3,5,8H2,1H3. The highest BCUT2D eigenvalue weighted by atomic mass is 32.1. The monoisotopic (exact) mass is 316 g/mol. The number of thiophene rings is 1. The predicted molar refractivity (Wildman–Crippen MR) is 81.2 cm³/mol. The minimum Gasteiger partial charge on any atom is -0.359 e. The quantitative estimate of drug-likeness (QED) is 0.734. The Hall–Kier alpha value is -1.99. The number of rotatable bonds is 4. The van der Waals surface area contributed by atoms with E-state index in [1.165, 1.54) is 0 Å². The Morgan fingerprint density at radius 3 is 3.09 bits per heavy atom. The maximum Gasteiger partial charge on any atom is 0.241 e. The van der Waals surface area contributed by atoms with Crippen molar-refractivity contribution in [1.29, 1.82) is 0 Å². The number of hydrogen-bond donors (Lipinski definition) is 0. The summed E-state index contributed by atoms with van der Waals surface area (Å²) in [5, 5.41) is 12.1. The fourth-order valence-corrected chi connectivity index (χ4v) is 3.51. The van der Waals surface area contributed by atoms with Gasteiger partial charge >= 0.3 is 0 Å². The first-order valence-corrected chi connectivity index (χ1v) is 8.26. The molecule has 1 aliphatic heterocycles. The van der Waals surface area contributed by atoms with Crippen LogP contribution >= 0.6 is 11.3 Å². The Kier molecular flexibility index (Phi) is 3.51. The molecule has 0 N–H and O–H groups in total. The smallest absolute Gasteiger partial charge is 0.241 e. The van der Waals surface area contributed by atoms with Crippen molar-refractivity contribution in [2.45, 2.75) is 32.4 Å². The Morgan fingerprint density at radius 1 is 1.36 bits per heavy atom. The highest BCUT2D eigenvalue weighted by molar-refractivity contribution is 7.08. The van der Waals surface area contributed by atoms with Crippen molar-refractivity contribution in [2.24, 2.45) is 0 Å². The van der Waals surface area contributed by atoms with Gasteiger partial charge in [0.1, 0.15) is 0 Å². The molecule has 4 heterocycles. The van der Waals surface area contributed by atoms with Crippen LogP contribution in [0.2, 0.25) is 0 Å². The molecule has 22 heavy (non-hydrogen) atoms. The second-order valence-electron chi connectivity index (χ2n) is 5.52. The largest absolute Gasteiger partial charge is 0.359 e. The zero-order valence-corrected chi connectivity index (χ0v) is 13.0. The molecule has 1 fully saturated rings. The van der Waals surface area contributed by atoms with Crippen molar-refractivity contribution in [2.75, 3.05) is 6.54 Å². The summed E-state index contributed by atoms with van der Waals surface area (Å²) in [4.78, 5) is 6.80. The highest BCUT2D eigenvalue weighted by Crippen LogP contribution is 2.33. The summed E-state index contributed by atoms with van der Waals surface area (Å²) >= 11 is 1.63. The van der Waals surface area contributed by atoms with Crippen LogP contribution in [0.5, 0.6) is 0 Å². The summed E-state index contributed by atoms with van der Waals surface area (Å²) < 4.78 is 10.8. The molecule has 0 saturated carbocycles. The second-order valence-corrected chi connectivity index (χ2v) is 6.30. The molecule has 1 saturated heterocycles. The van der Waals surface area contributed by atoms with E-state index in [1.54, 1.807) is 11.3 Å². The summed E-state index contributed by atoms with van der Waals surface area (Å²) in [5.74, 6) is 2.22. The molecule has 3 aromatic heterocycles. The average Bonchev–Trinajstić information content (AvgIpc) is 3.26. The number of nitrogens with zero attached hydrogens (tertiary/aromatic N) is 4. The van der Waals surface area contributed by atoms with E-state index in [0.29, 0.717) is 18.3 Å².